The lowest BCUT2D eigenvalue weighted by Crippen LogP contribution is -2.44. The smallest absolute Gasteiger partial charge is 0.404 e. The number of halogens is 1. The van der Waals surface area contributed by atoms with Gasteiger partial charge < -0.3 is 10.4 Å². The van der Waals surface area contributed by atoms with Gasteiger partial charge in [0.1, 0.15) is 6.67 Å². The molecule has 2 aromatic rings. The highest BCUT2D eigenvalue weighted by Gasteiger charge is 2.20. The number of nitrogens with one attached hydrogen (secondary N) is 1. The van der Waals surface area contributed by atoms with Gasteiger partial charge in [0.05, 0.1) is 6.04 Å². The Morgan fingerprint density at radius 3 is 1.87 bits per heavy atom. The number of carboxylic acid groups (broad SMARTS) is 1. The molecule has 1 amide bonds. The average molecular weight is 316 g/mol. The molecule has 0 fully saturated rings. The van der Waals surface area contributed by atoms with Crippen LogP contribution in [-0.2, 0) is 13.1 Å². The van der Waals surface area contributed by atoms with Gasteiger partial charge in [0.2, 0.25) is 0 Å². The summed E-state index contributed by atoms with van der Waals surface area (Å²) in [5.74, 6) is 0. The van der Waals surface area contributed by atoms with Crippen molar-refractivity contribution < 1.29 is 14.3 Å². The topological polar surface area (TPSA) is 52.6 Å². The molecule has 0 aliphatic rings. The van der Waals surface area contributed by atoms with E-state index in [-0.39, 0.29) is 6.54 Å². The van der Waals surface area contributed by atoms with Gasteiger partial charge in [0.15, 0.2) is 0 Å². The number of amides is 1. The van der Waals surface area contributed by atoms with Crippen molar-refractivity contribution in [1.29, 1.82) is 0 Å². The van der Waals surface area contributed by atoms with Crippen LogP contribution in [0.25, 0.3) is 0 Å². The van der Waals surface area contributed by atoms with E-state index >= 15 is 0 Å². The first-order valence-corrected chi connectivity index (χ1v) is 7.53. The fraction of sp³-hybridized carbons (Fsp3) is 0.278. The maximum Gasteiger partial charge on any atom is 0.404 e. The van der Waals surface area contributed by atoms with E-state index in [1.54, 1.807) is 0 Å². The Bertz CT molecular complexity index is 551. The summed E-state index contributed by atoms with van der Waals surface area (Å²) < 4.78 is 13.5. The first-order chi connectivity index (χ1) is 11.2. The summed E-state index contributed by atoms with van der Waals surface area (Å²) in [4.78, 5) is 12.7. The molecule has 2 aromatic carbocycles. The Labute approximate surface area is 135 Å². The molecule has 0 heterocycles. The summed E-state index contributed by atoms with van der Waals surface area (Å²) >= 11 is 0. The monoisotopic (exact) mass is 316 g/mol. The van der Waals surface area contributed by atoms with Crippen molar-refractivity contribution in [2.24, 2.45) is 0 Å². The lowest BCUT2D eigenvalue weighted by atomic mass is 10.1. The summed E-state index contributed by atoms with van der Waals surface area (Å²) in [5, 5.41) is 11.1. The molecule has 2 N–H and O–H groups in total. The number of rotatable bonds is 8. The van der Waals surface area contributed by atoms with Crippen molar-refractivity contribution in [3.63, 3.8) is 0 Å². The fourth-order valence-corrected chi connectivity index (χ4v) is 2.44. The Balaban J connectivity index is 2.13. The van der Waals surface area contributed by atoms with Crippen molar-refractivity contribution in [1.82, 2.24) is 10.2 Å². The molecule has 0 radical (unpaired) electrons. The van der Waals surface area contributed by atoms with Crippen LogP contribution in [0, 0.1) is 0 Å². The number of hydrogen-bond donors (Lipinski definition) is 2. The minimum atomic E-state index is -1.14. The molecule has 0 aromatic heterocycles. The van der Waals surface area contributed by atoms with Crippen molar-refractivity contribution in [2.75, 3.05) is 13.2 Å². The van der Waals surface area contributed by atoms with Crippen LogP contribution >= 0.6 is 0 Å². The van der Waals surface area contributed by atoms with Gasteiger partial charge in [-0.3, -0.25) is 4.90 Å². The minimum absolute atomic E-state index is 0.0610. The van der Waals surface area contributed by atoms with Crippen LogP contribution < -0.4 is 5.32 Å². The zero-order chi connectivity index (χ0) is 16.5. The SMILES string of the molecule is O=C(O)NCC(CF)N(Cc1ccccc1)Cc1ccccc1. The van der Waals surface area contributed by atoms with Gasteiger partial charge in [-0.2, -0.15) is 0 Å². The van der Waals surface area contributed by atoms with Crippen LogP contribution in [0.3, 0.4) is 0 Å². The fourth-order valence-electron chi connectivity index (χ4n) is 2.44. The van der Waals surface area contributed by atoms with E-state index < -0.39 is 18.8 Å². The minimum Gasteiger partial charge on any atom is -0.465 e. The van der Waals surface area contributed by atoms with Crippen molar-refractivity contribution in [3.8, 4) is 0 Å². The van der Waals surface area contributed by atoms with Gasteiger partial charge in [-0.1, -0.05) is 60.7 Å². The highest BCUT2D eigenvalue weighted by Crippen LogP contribution is 2.14. The predicted molar refractivity (Wildman–Crippen MR) is 87.9 cm³/mol. The molecule has 0 aliphatic heterocycles. The molecule has 1 unspecified atom stereocenters. The van der Waals surface area contributed by atoms with E-state index in [1.807, 2.05) is 65.6 Å². The number of alkyl halides is 1. The standard InChI is InChI=1S/C18H21FN2O2/c19-11-17(12-20-18(22)23)21(13-15-7-3-1-4-8-15)14-16-9-5-2-6-10-16/h1-10,17,20H,11-14H2,(H,22,23). The van der Waals surface area contributed by atoms with Crippen LogP contribution in [0.15, 0.2) is 60.7 Å². The molecule has 0 saturated heterocycles. The molecule has 0 spiro atoms. The van der Waals surface area contributed by atoms with Crippen LogP contribution in [0.1, 0.15) is 11.1 Å². The molecule has 2 rings (SSSR count). The zero-order valence-electron chi connectivity index (χ0n) is 12.9. The number of nitrogens with zero attached hydrogens (tertiary/aromatic N) is 1. The quantitative estimate of drug-likeness (QED) is 0.786. The van der Waals surface area contributed by atoms with Crippen LogP contribution in [0.2, 0.25) is 0 Å². The first kappa shape index (κ1) is 17.0. The third kappa shape index (κ3) is 5.71. The van der Waals surface area contributed by atoms with E-state index in [2.05, 4.69) is 5.32 Å². The zero-order valence-corrected chi connectivity index (χ0v) is 12.9. The summed E-state index contributed by atoms with van der Waals surface area (Å²) in [6.07, 6.45) is -1.14. The molecular formula is C18H21FN2O2. The third-order valence-corrected chi connectivity index (χ3v) is 3.64. The number of carbonyl (C=O) groups is 1. The normalized spacial score (nSPS) is 12.1. The molecule has 0 saturated carbocycles. The molecule has 1 atom stereocenters. The molecule has 23 heavy (non-hydrogen) atoms. The molecular weight excluding hydrogens is 295 g/mol. The van der Waals surface area contributed by atoms with Gasteiger partial charge in [-0.05, 0) is 11.1 Å². The van der Waals surface area contributed by atoms with Gasteiger partial charge in [0, 0.05) is 19.6 Å². The van der Waals surface area contributed by atoms with Crippen molar-refractivity contribution in [3.05, 3.63) is 71.8 Å². The summed E-state index contributed by atoms with van der Waals surface area (Å²) in [5.41, 5.74) is 2.13. The van der Waals surface area contributed by atoms with E-state index in [1.165, 1.54) is 0 Å². The van der Waals surface area contributed by atoms with E-state index in [0.29, 0.717) is 13.1 Å². The lowest BCUT2D eigenvalue weighted by molar-refractivity contribution is 0.140. The summed E-state index contributed by atoms with van der Waals surface area (Å²) in [6, 6.07) is 19.1. The van der Waals surface area contributed by atoms with E-state index in [9.17, 15) is 9.18 Å². The Hall–Kier alpha value is -2.40. The molecule has 5 heteroatoms. The second-order valence-corrected chi connectivity index (χ2v) is 5.37. The maximum absolute atomic E-state index is 13.5. The highest BCUT2D eigenvalue weighted by molar-refractivity contribution is 5.64. The number of hydrogen-bond acceptors (Lipinski definition) is 2. The Kier molecular flexibility index (Phi) is 6.56. The third-order valence-electron chi connectivity index (χ3n) is 3.64. The Morgan fingerprint density at radius 2 is 1.48 bits per heavy atom. The largest absolute Gasteiger partial charge is 0.465 e. The van der Waals surface area contributed by atoms with Gasteiger partial charge in [0.25, 0.3) is 0 Å². The molecule has 0 aliphatic carbocycles. The summed E-state index contributed by atoms with van der Waals surface area (Å²) in [6.45, 7) is 0.572. The van der Waals surface area contributed by atoms with E-state index in [0.717, 1.165) is 11.1 Å². The molecule has 122 valence electrons. The van der Waals surface area contributed by atoms with E-state index in [4.69, 9.17) is 5.11 Å². The Morgan fingerprint density at radius 1 is 1.00 bits per heavy atom. The van der Waals surface area contributed by atoms with Crippen LogP contribution in [-0.4, -0.2) is 35.4 Å². The van der Waals surface area contributed by atoms with Crippen molar-refractivity contribution >= 4 is 6.09 Å². The van der Waals surface area contributed by atoms with Crippen LogP contribution in [0.4, 0.5) is 9.18 Å². The molecule has 0 bridgehead atoms. The molecule has 4 nitrogen and oxygen atoms in total. The second kappa shape index (κ2) is 8.90. The van der Waals surface area contributed by atoms with Gasteiger partial charge >= 0.3 is 6.09 Å². The lowest BCUT2D eigenvalue weighted by Gasteiger charge is -2.30. The van der Waals surface area contributed by atoms with Crippen LogP contribution in [0.5, 0.6) is 0 Å². The van der Waals surface area contributed by atoms with Gasteiger partial charge in [-0.25, -0.2) is 9.18 Å². The van der Waals surface area contributed by atoms with Crippen molar-refractivity contribution in [2.45, 2.75) is 19.1 Å². The maximum atomic E-state index is 13.5. The van der Waals surface area contributed by atoms with Gasteiger partial charge in [-0.15, -0.1) is 0 Å². The predicted octanol–water partition coefficient (Wildman–Crippen LogP) is 3.29. The average Bonchev–Trinajstić information content (AvgIpc) is 2.57. The second-order valence-electron chi connectivity index (χ2n) is 5.37. The highest BCUT2D eigenvalue weighted by atomic mass is 19.1. The first-order valence-electron chi connectivity index (χ1n) is 7.53. The number of benzene rings is 2. The summed E-state index contributed by atoms with van der Waals surface area (Å²) in [7, 11) is 0.